The van der Waals surface area contributed by atoms with E-state index in [1.54, 1.807) is 7.11 Å². The SMILES string of the molecule is CCCOc1nc2ccccc2cc1C(=O)N1CCCC(COC)C1. The van der Waals surface area contributed by atoms with Crippen LogP contribution in [-0.2, 0) is 4.74 Å². The van der Waals surface area contributed by atoms with Gasteiger partial charge in [-0.3, -0.25) is 4.79 Å². The van der Waals surface area contributed by atoms with Crippen molar-refractivity contribution in [2.75, 3.05) is 33.4 Å². The van der Waals surface area contributed by atoms with Crippen molar-refractivity contribution in [3.63, 3.8) is 0 Å². The second-order valence-corrected chi connectivity index (χ2v) is 6.60. The molecule has 25 heavy (non-hydrogen) atoms. The maximum absolute atomic E-state index is 13.1. The van der Waals surface area contributed by atoms with E-state index < -0.39 is 0 Å². The Morgan fingerprint density at radius 1 is 1.36 bits per heavy atom. The molecular formula is C20H26N2O3. The Balaban J connectivity index is 1.90. The van der Waals surface area contributed by atoms with Gasteiger partial charge in [-0.05, 0) is 37.3 Å². The van der Waals surface area contributed by atoms with Crippen LogP contribution in [0.5, 0.6) is 5.88 Å². The Bertz CT molecular complexity index is 730. The van der Waals surface area contributed by atoms with E-state index >= 15 is 0 Å². The van der Waals surface area contributed by atoms with Crippen LogP contribution in [0.3, 0.4) is 0 Å². The van der Waals surface area contributed by atoms with Crippen LogP contribution >= 0.6 is 0 Å². The first-order valence-electron chi connectivity index (χ1n) is 9.03. The molecule has 1 amide bonds. The number of benzene rings is 1. The van der Waals surface area contributed by atoms with Gasteiger partial charge in [0.15, 0.2) is 0 Å². The van der Waals surface area contributed by atoms with Crippen molar-refractivity contribution >= 4 is 16.8 Å². The Morgan fingerprint density at radius 2 is 2.20 bits per heavy atom. The number of carbonyl (C=O) groups is 1. The van der Waals surface area contributed by atoms with Crippen LogP contribution in [0.4, 0.5) is 0 Å². The molecular weight excluding hydrogens is 316 g/mol. The van der Waals surface area contributed by atoms with Gasteiger partial charge in [0, 0.05) is 25.6 Å². The fourth-order valence-corrected chi connectivity index (χ4v) is 3.35. The molecule has 5 nitrogen and oxygen atoms in total. The summed E-state index contributed by atoms with van der Waals surface area (Å²) < 4.78 is 11.1. The van der Waals surface area contributed by atoms with Gasteiger partial charge >= 0.3 is 0 Å². The summed E-state index contributed by atoms with van der Waals surface area (Å²) in [6.07, 6.45) is 2.99. The van der Waals surface area contributed by atoms with Crippen molar-refractivity contribution in [1.29, 1.82) is 0 Å². The van der Waals surface area contributed by atoms with Crippen LogP contribution in [0, 0.1) is 5.92 Å². The average Bonchev–Trinajstić information content (AvgIpc) is 2.65. The molecule has 2 aromatic rings. The minimum atomic E-state index is 0.00478. The number of likely N-dealkylation sites (tertiary alicyclic amines) is 1. The van der Waals surface area contributed by atoms with E-state index in [1.807, 2.05) is 42.2 Å². The number of methoxy groups -OCH3 is 1. The predicted molar refractivity (Wildman–Crippen MR) is 98.0 cm³/mol. The lowest BCUT2D eigenvalue weighted by Gasteiger charge is -2.32. The maximum atomic E-state index is 13.1. The third kappa shape index (κ3) is 4.10. The molecule has 0 radical (unpaired) electrons. The van der Waals surface area contributed by atoms with E-state index in [-0.39, 0.29) is 5.91 Å². The maximum Gasteiger partial charge on any atom is 0.259 e. The Hall–Kier alpha value is -2.14. The number of rotatable bonds is 6. The molecule has 0 aliphatic carbocycles. The van der Waals surface area contributed by atoms with Gasteiger partial charge in [0.25, 0.3) is 5.91 Å². The summed E-state index contributed by atoms with van der Waals surface area (Å²) in [4.78, 5) is 19.6. The van der Waals surface area contributed by atoms with Crippen LogP contribution in [0.2, 0.25) is 0 Å². The van der Waals surface area contributed by atoms with Crippen molar-refractivity contribution < 1.29 is 14.3 Å². The number of para-hydroxylation sites is 1. The van der Waals surface area contributed by atoms with Gasteiger partial charge in [0.05, 0.1) is 18.7 Å². The number of fused-ring (bicyclic) bond motifs is 1. The third-order valence-electron chi connectivity index (χ3n) is 4.57. The van der Waals surface area contributed by atoms with Gasteiger partial charge in [-0.25, -0.2) is 4.98 Å². The molecule has 0 N–H and O–H groups in total. The molecule has 0 saturated carbocycles. The van der Waals surface area contributed by atoms with Crippen LogP contribution in [0.15, 0.2) is 30.3 Å². The monoisotopic (exact) mass is 342 g/mol. The van der Waals surface area contributed by atoms with Gasteiger partial charge in [0.1, 0.15) is 5.56 Å². The van der Waals surface area contributed by atoms with E-state index in [0.29, 0.717) is 30.6 Å². The number of amides is 1. The summed E-state index contributed by atoms with van der Waals surface area (Å²) in [6, 6.07) is 9.74. The third-order valence-corrected chi connectivity index (χ3v) is 4.57. The highest BCUT2D eigenvalue weighted by Crippen LogP contribution is 2.26. The molecule has 0 bridgehead atoms. The number of aromatic nitrogens is 1. The minimum Gasteiger partial charge on any atom is -0.477 e. The minimum absolute atomic E-state index is 0.00478. The number of hydrogen-bond acceptors (Lipinski definition) is 4. The van der Waals surface area contributed by atoms with Gasteiger partial charge < -0.3 is 14.4 Å². The normalized spacial score (nSPS) is 17.7. The summed E-state index contributed by atoms with van der Waals surface area (Å²) in [5.41, 5.74) is 1.41. The Kier molecular flexibility index (Phi) is 5.87. The smallest absolute Gasteiger partial charge is 0.259 e. The summed E-state index contributed by atoms with van der Waals surface area (Å²) >= 11 is 0. The zero-order valence-electron chi connectivity index (χ0n) is 15.0. The molecule has 1 atom stereocenters. The zero-order valence-corrected chi connectivity index (χ0v) is 15.0. The molecule has 1 aromatic heterocycles. The highest BCUT2D eigenvalue weighted by atomic mass is 16.5. The molecule has 1 aromatic carbocycles. The first-order chi connectivity index (χ1) is 12.2. The summed E-state index contributed by atoms with van der Waals surface area (Å²) in [5, 5.41) is 0.958. The topological polar surface area (TPSA) is 51.7 Å². The summed E-state index contributed by atoms with van der Waals surface area (Å²) in [7, 11) is 1.71. The molecule has 1 fully saturated rings. The Morgan fingerprint density at radius 3 is 3.00 bits per heavy atom. The van der Waals surface area contributed by atoms with E-state index in [4.69, 9.17) is 9.47 Å². The average molecular weight is 342 g/mol. The number of ether oxygens (including phenoxy) is 2. The number of nitrogens with zero attached hydrogens (tertiary/aromatic N) is 2. The van der Waals surface area contributed by atoms with E-state index in [2.05, 4.69) is 4.98 Å². The van der Waals surface area contributed by atoms with Crippen molar-refractivity contribution in [2.24, 2.45) is 5.92 Å². The van der Waals surface area contributed by atoms with E-state index in [9.17, 15) is 4.79 Å². The summed E-state index contributed by atoms with van der Waals surface area (Å²) in [6.45, 7) is 4.80. The molecule has 134 valence electrons. The van der Waals surface area contributed by atoms with Crippen LogP contribution in [0.25, 0.3) is 10.9 Å². The first-order valence-corrected chi connectivity index (χ1v) is 9.03. The quantitative estimate of drug-likeness (QED) is 0.806. The standard InChI is InChI=1S/C20H26N2O3/c1-3-11-25-19-17(12-16-8-4-5-9-18(16)21-19)20(23)22-10-6-7-15(13-22)14-24-2/h4-5,8-9,12,15H,3,6-7,10-11,13-14H2,1-2H3. The van der Waals surface area contributed by atoms with Gasteiger partial charge in [0.2, 0.25) is 5.88 Å². The number of carbonyl (C=O) groups excluding carboxylic acids is 1. The van der Waals surface area contributed by atoms with E-state index in [1.165, 1.54) is 0 Å². The zero-order chi connectivity index (χ0) is 17.6. The van der Waals surface area contributed by atoms with Gasteiger partial charge in [-0.1, -0.05) is 25.1 Å². The van der Waals surface area contributed by atoms with Crippen LogP contribution in [0.1, 0.15) is 36.5 Å². The molecule has 0 spiro atoms. The Labute approximate surface area is 148 Å². The number of hydrogen-bond donors (Lipinski definition) is 0. The van der Waals surface area contributed by atoms with Gasteiger partial charge in [-0.15, -0.1) is 0 Å². The predicted octanol–water partition coefficient (Wildman–Crippen LogP) is 3.52. The molecule has 2 heterocycles. The molecule has 1 saturated heterocycles. The van der Waals surface area contributed by atoms with Crippen molar-refractivity contribution in [3.8, 4) is 5.88 Å². The highest BCUT2D eigenvalue weighted by molar-refractivity contribution is 5.99. The molecule has 3 rings (SSSR count). The second kappa shape index (κ2) is 8.30. The largest absolute Gasteiger partial charge is 0.477 e. The number of pyridine rings is 1. The van der Waals surface area contributed by atoms with E-state index in [0.717, 1.165) is 43.3 Å². The van der Waals surface area contributed by atoms with Gasteiger partial charge in [-0.2, -0.15) is 0 Å². The first kappa shape index (κ1) is 17.7. The molecule has 1 unspecified atom stereocenters. The molecule has 5 heteroatoms. The lowest BCUT2D eigenvalue weighted by molar-refractivity contribution is 0.0566. The van der Waals surface area contributed by atoms with Crippen LogP contribution in [-0.4, -0.2) is 49.2 Å². The summed E-state index contributed by atoms with van der Waals surface area (Å²) in [5.74, 6) is 0.848. The lowest BCUT2D eigenvalue weighted by Crippen LogP contribution is -2.41. The van der Waals surface area contributed by atoms with Crippen LogP contribution < -0.4 is 4.74 Å². The lowest BCUT2D eigenvalue weighted by atomic mass is 9.98. The molecule has 1 aliphatic rings. The fourth-order valence-electron chi connectivity index (χ4n) is 3.35. The highest BCUT2D eigenvalue weighted by Gasteiger charge is 2.27. The number of piperidine rings is 1. The fraction of sp³-hybridized carbons (Fsp3) is 0.500. The molecule has 1 aliphatic heterocycles. The van der Waals surface area contributed by atoms with Crippen molar-refractivity contribution in [1.82, 2.24) is 9.88 Å². The van der Waals surface area contributed by atoms with Crippen molar-refractivity contribution in [3.05, 3.63) is 35.9 Å². The van der Waals surface area contributed by atoms with Crippen molar-refractivity contribution in [2.45, 2.75) is 26.2 Å². The second-order valence-electron chi connectivity index (χ2n) is 6.60.